The Morgan fingerprint density at radius 3 is 2.39 bits per heavy atom. The zero-order chi connectivity index (χ0) is 13.0. The van der Waals surface area contributed by atoms with E-state index < -0.39 is 0 Å². The molecule has 0 saturated heterocycles. The van der Waals surface area contributed by atoms with Crippen molar-refractivity contribution in [3.63, 3.8) is 0 Å². The number of hydrogen-bond acceptors (Lipinski definition) is 6. The number of benzene rings is 1. The zero-order valence-electron chi connectivity index (χ0n) is 10.2. The fourth-order valence-corrected chi connectivity index (χ4v) is 1.43. The van der Waals surface area contributed by atoms with Gasteiger partial charge >= 0.3 is 0 Å². The molecular weight excluding hydrogens is 232 g/mol. The third kappa shape index (κ3) is 2.86. The van der Waals surface area contributed by atoms with Crippen molar-refractivity contribution in [3.05, 3.63) is 36.2 Å². The van der Waals surface area contributed by atoms with E-state index in [0.29, 0.717) is 23.3 Å². The molecule has 6 nitrogen and oxygen atoms in total. The first kappa shape index (κ1) is 12.1. The van der Waals surface area contributed by atoms with E-state index in [0.717, 1.165) is 5.75 Å². The van der Waals surface area contributed by atoms with Gasteiger partial charge in [-0.1, -0.05) is 0 Å². The molecule has 2 rings (SSSR count). The molecule has 1 aromatic heterocycles. The van der Waals surface area contributed by atoms with Crippen LogP contribution in [0.25, 0.3) is 0 Å². The summed E-state index contributed by atoms with van der Waals surface area (Å²) in [6, 6.07) is 8.84. The molecule has 0 aliphatic heterocycles. The number of anilines is 1. The van der Waals surface area contributed by atoms with Crippen molar-refractivity contribution in [1.29, 1.82) is 0 Å². The lowest BCUT2D eigenvalue weighted by Gasteiger charge is -2.07. The monoisotopic (exact) mass is 246 g/mol. The highest BCUT2D eigenvalue weighted by atomic mass is 16.5. The molecule has 1 heterocycles. The standard InChI is InChI=1S/C12H14N4O2/c1-8-14-11(16-13)7-12(15-8)18-10-5-3-9(17-2)4-6-10/h3-7H,13H2,1-2H3,(H,14,15,16). The predicted octanol–water partition coefficient (Wildman–Crippen LogP) is 1.87. The van der Waals surface area contributed by atoms with Gasteiger partial charge in [-0.15, -0.1) is 0 Å². The number of aromatic nitrogens is 2. The molecular formula is C12H14N4O2. The van der Waals surface area contributed by atoms with Crippen molar-refractivity contribution >= 4 is 5.82 Å². The minimum atomic E-state index is 0.431. The van der Waals surface area contributed by atoms with E-state index >= 15 is 0 Å². The van der Waals surface area contributed by atoms with Gasteiger partial charge in [0.05, 0.1) is 7.11 Å². The Kier molecular flexibility index (Phi) is 3.59. The van der Waals surface area contributed by atoms with Gasteiger partial charge in [0.1, 0.15) is 23.1 Å². The lowest BCUT2D eigenvalue weighted by Crippen LogP contribution is -2.09. The molecule has 0 atom stereocenters. The summed E-state index contributed by atoms with van der Waals surface area (Å²) in [7, 11) is 1.61. The van der Waals surface area contributed by atoms with Crippen LogP contribution in [-0.2, 0) is 0 Å². The average Bonchev–Trinajstić information content (AvgIpc) is 2.39. The second-order valence-corrected chi connectivity index (χ2v) is 3.56. The summed E-state index contributed by atoms with van der Waals surface area (Å²) in [6.07, 6.45) is 0. The summed E-state index contributed by atoms with van der Waals surface area (Å²) in [5.74, 6) is 8.25. The van der Waals surface area contributed by atoms with Crippen LogP contribution < -0.4 is 20.7 Å². The van der Waals surface area contributed by atoms with Gasteiger partial charge in [-0.3, -0.25) is 0 Å². The molecule has 0 saturated carbocycles. The van der Waals surface area contributed by atoms with Gasteiger partial charge in [-0.2, -0.15) is 4.98 Å². The van der Waals surface area contributed by atoms with Crippen LogP contribution in [0, 0.1) is 6.92 Å². The van der Waals surface area contributed by atoms with E-state index in [1.165, 1.54) is 0 Å². The summed E-state index contributed by atoms with van der Waals surface area (Å²) in [5.41, 5.74) is 2.46. The third-order valence-electron chi connectivity index (χ3n) is 2.24. The van der Waals surface area contributed by atoms with Crippen molar-refractivity contribution in [2.24, 2.45) is 5.84 Å². The van der Waals surface area contributed by atoms with Crippen molar-refractivity contribution < 1.29 is 9.47 Å². The van der Waals surface area contributed by atoms with Gasteiger partial charge in [-0.25, -0.2) is 10.8 Å². The molecule has 1 aromatic carbocycles. The first-order chi connectivity index (χ1) is 8.71. The van der Waals surface area contributed by atoms with Gasteiger partial charge in [0.25, 0.3) is 0 Å². The Labute approximate surface area is 105 Å². The Balaban J connectivity index is 2.19. The van der Waals surface area contributed by atoms with E-state index in [2.05, 4.69) is 15.4 Å². The van der Waals surface area contributed by atoms with Gasteiger partial charge < -0.3 is 14.9 Å². The number of hydrogen-bond donors (Lipinski definition) is 2. The smallest absolute Gasteiger partial charge is 0.224 e. The van der Waals surface area contributed by atoms with Crippen LogP contribution in [0.3, 0.4) is 0 Å². The Bertz CT molecular complexity index is 528. The minimum absolute atomic E-state index is 0.431. The van der Waals surface area contributed by atoms with Crippen molar-refractivity contribution in [2.75, 3.05) is 12.5 Å². The molecule has 0 unspecified atom stereocenters. The van der Waals surface area contributed by atoms with Gasteiger partial charge in [0, 0.05) is 6.07 Å². The Morgan fingerprint density at radius 1 is 1.11 bits per heavy atom. The SMILES string of the molecule is COc1ccc(Oc2cc(NN)nc(C)n2)cc1. The third-order valence-corrected chi connectivity index (χ3v) is 2.24. The van der Waals surface area contributed by atoms with E-state index in [1.54, 1.807) is 32.2 Å². The summed E-state index contributed by atoms with van der Waals surface area (Å²) in [4.78, 5) is 8.23. The maximum atomic E-state index is 5.60. The Hall–Kier alpha value is -2.34. The van der Waals surface area contributed by atoms with Crippen molar-refractivity contribution in [2.45, 2.75) is 6.92 Å². The highest BCUT2D eigenvalue weighted by Gasteiger charge is 2.03. The number of ether oxygens (including phenoxy) is 2. The molecule has 0 bridgehead atoms. The summed E-state index contributed by atoms with van der Waals surface area (Å²) < 4.78 is 10.7. The molecule has 0 fully saturated rings. The number of methoxy groups -OCH3 is 1. The van der Waals surface area contributed by atoms with E-state index in [-0.39, 0.29) is 0 Å². The number of nitrogens with one attached hydrogen (secondary N) is 1. The lowest BCUT2D eigenvalue weighted by molar-refractivity contribution is 0.412. The largest absolute Gasteiger partial charge is 0.497 e. The molecule has 0 amide bonds. The maximum absolute atomic E-state index is 5.60. The fraction of sp³-hybridized carbons (Fsp3) is 0.167. The summed E-state index contributed by atoms with van der Waals surface area (Å²) >= 11 is 0. The molecule has 3 N–H and O–H groups in total. The van der Waals surface area contributed by atoms with Crippen LogP contribution in [-0.4, -0.2) is 17.1 Å². The number of hydrazine groups is 1. The summed E-state index contributed by atoms with van der Waals surface area (Å²) in [5, 5.41) is 0. The van der Waals surface area contributed by atoms with Crippen molar-refractivity contribution in [1.82, 2.24) is 9.97 Å². The molecule has 6 heteroatoms. The molecule has 94 valence electrons. The fourth-order valence-electron chi connectivity index (χ4n) is 1.43. The first-order valence-corrected chi connectivity index (χ1v) is 5.35. The number of nitrogen functional groups attached to an aromatic ring is 1. The molecule has 18 heavy (non-hydrogen) atoms. The predicted molar refractivity (Wildman–Crippen MR) is 67.6 cm³/mol. The lowest BCUT2D eigenvalue weighted by atomic mass is 10.3. The van der Waals surface area contributed by atoms with Gasteiger partial charge in [0.2, 0.25) is 5.88 Å². The molecule has 0 aliphatic carbocycles. The van der Waals surface area contributed by atoms with Crippen LogP contribution in [0.1, 0.15) is 5.82 Å². The van der Waals surface area contributed by atoms with Crippen molar-refractivity contribution in [3.8, 4) is 17.4 Å². The normalized spacial score (nSPS) is 9.94. The van der Waals surface area contributed by atoms with E-state index in [4.69, 9.17) is 15.3 Å². The number of nitrogens with zero attached hydrogens (tertiary/aromatic N) is 2. The number of aryl methyl sites for hydroxylation is 1. The van der Waals surface area contributed by atoms with E-state index in [9.17, 15) is 0 Å². The second-order valence-electron chi connectivity index (χ2n) is 3.56. The van der Waals surface area contributed by atoms with Crippen LogP contribution in [0.15, 0.2) is 30.3 Å². The van der Waals surface area contributed by atoms with E-state index in [1.807, 2.05) is 12.1 Å². The highest BCUT2D eigenvalue weighted by molar-refractivity contribution is 5.39. The van der Waals surface area contributed by atoms with Crippen LogP contribution >= 0.6 is 0 Å². The summed E-state index contributed by atoms with van der Waals surface area (Å²) in [6.45, 7) is 1.77. The van der Waals surface area contributed by atoms with Gasteiger partial charge in [0.15, 0.2) is 0 Å². The molecule has 0 aliphatic rings. The Morgan fingerprint density at radius 2 is 1.78 bits per heavy atom. The zero-order valence-corrected chi connectivity index (χ0v) is 10.2. The molecule has 2 aromatic rings. The number of nitrogens with two attached hydrogens (primary N) is 1. The van der Waals surface area contributed by atoms with Crippen LogP contribution in [0.4, 0.5) is 5.82 Å². The topological polar surface area (TPSA) is 82.3 Å². The number of rotatable bonds is 4. The minimum Gasteiger partial charge on any atom is -0.497 e. The maximum Gasteiger partial charge on any atom is 0.224 e. The molecule has 0 radical (unpaired) electrons. The quantitative estimate of drug-likeness (QED) is 0.633. The first-order valence-electron chi connectivity index (χ1n) is 5.35. The van der Waals surface area contributed by atoms with Crippen LogP contribution in [0.5, 0.6) is 17.4 Å². The second kappa shape index (κ2) is 5.33. The van der Waals surface area contributed by atoms with Gasteiger partial charge in [-0.05, 0) is 31.2 Å². The highest BCUT2D eigenvalue weighted by Crippen LogP contribution is 2.23. The average molecular weight is 246 g/mol. The van der Waals surface area contributed by atoms with Crippen LogP contribution in [0.2, 0.25) is 0 Å². The molecule has 0 spiro atoms.